The zero-order valence-electron chi connectivity index (χ0n) is 16.3. The number of rotatable bonds is 9. The van der Waals surface area contributed by atoms with Crippen molar-refractivity contribution in [1.29, 1.82) is 0 Å². The Kier molecular flexibility index (Phi) is 6.97. The summed E-state index contributed by atoms with van der Waals surface area (Å²) in [4.78, 5) is 23.6. The molecule has 2 N–H and O–H groups in total. The summed E-state index contributed by atoms with van der Waals surface area (Å²) >= 11 is 0. The summed E-state index contributed by atoms with van der Waals surface area (Å²) in [7, 11) is 0. The molecule has 0 saturated heterocycles. The highest BCUT2D eigenvalue weighted by Gasteiger charge is 2.30. The third-order valence-corrected chi connectivity index (χ3v) is 4.62. The van der Waals surface area contributed by atoms with Crippen LogP contribution >= 0.6 is 0 Å². The molecule has 2 aromatic rings. The molecule has 0 atom stereocenters. The Bertz CT molecular complexity index is 861. The fourth-order valence-electron chi connectivity index (χ4n) is 2.80. The average molecular weight is 420 g/mol. The van der Waals surface area contributed by atoms with Crippen molar-refractivity contribution in [3.05, 3.63) is 65.2 Å². The van der Waals surface area contributed by atoms with E-state index in [-0.39, 0.29) is 24.8 Å². The molecule has 0 bridgehead atoms. The van der Waals surface area contributed by atoms with Crippen molar-refractivity contribution >= 4 is 11.8 Å². The Morgan fingerprint density at radius 3 is 2.17 bits per heavy atom. The third kappa shape index (κ3) is 7.09. The molecule has 1 aliphatic rings. The minimum atomic E-state index is -4.38. The maximum atomic E-state index is 12.6. The van der Waals surface area contributed by atoms with Gasteiger partial charge in [0.05, 0.1) is 12.0 Å². The molecule has 160 valence electrons. The predicted octanol–water partition coefficient (Wildman–Crippen LogP) is 3.26. The van der Waals surface area contributed by atoms with E-state index in [1.165, 1.54) is 12.1 Å². The molecule has 1 fully saturated rings. The Morgan fingerprint density at radius 2 is 1.57 bits per heavy atom. The number of alkyl halides is 3. The van der Waals surface area contributed by atoms with Crippen LogP contribution in [0.25, 0.3) is 0 Å². The summed E-state index contributed by atoms with van der Waals surface area (Å²) in [6.45, 7) is 0.388. The van der Waals surface area contributed by atoms with Gasteiger partial charge in [0.25, 0.3) is 5.91 Å². The highest BCUT2D eigenvalue weighted by molar-refractivity contribution is 5.78. The first-order valence-electron chi connectivity index (χ1n) is 9.73. The Balaban J connectivity index is 1.36. The van der Waals surface area contributed by atoms with Gasteiger partial charge in [-0.15, -0.1) is 0 Å². The molecule has 0 heterocycles. The van der Waals surface area contributed by atoms with Crippen molar-refractivity contribution in [2.75, 3.05) is 13.2 Å². The summed E-state index contributed by atoms with van der Waals surface area (Å²) in [6.07, 6.45) is -1.71. The fraction of sp³-hybridized carbons (Fsp3) is 0.364. The second-order valence-corrected chi connectivity index (χ2v) is 7.25. The molecule has 0 aromatic heterocycles. The number of carbonyl (C=O) groups excluding carboxylic acids is 2. The normalized spacial score (nSPS) is 13.6. The first kappa shape index (κ1) is 21.7. The number of hydrogen-bond donors (Lipinski definition) is 2. The number of halogens is 3. The molecule has 0 radical (unpaired) electrons. The van der Waals surface area contributed by atoms with Gasteiger partial charge in [0.1, 0.15) is 5.75 Å². The van der Waals surface area contributed by atoms with E-state index in [4.69, 9.17) is 4.74 Å². The SMILES string of the molecule is O=C(Cc1ccc(C(F)(F)F)cc1)NCCc1ccc(OCC(=O)NC2CC2)cc1. The zero-order valence-corrected chi connectivity index (χ0v) is 16.3. The second kappa shape index (κ2) is 9.65. The molecule has 1 saturated carbocycles. The highest BCUT2D eigenvalue weighted by atomic mass is 19.4. The Labute approximate surface area is 172 Å². The van der Waals surface area contributed by atoms with Crippen LogP contribution in [0.2, 0.25) is 0 Å². The summed E-state index contributed by atoms with van der Waals surface area (Å²) in [6, 6.07) is 12.1. The molecular formula is C22H23F3N2O3. The number of amides is 2. The predicted molar refractivity (Wildman–Crippen MR) is 105 cm³/mol. The van der Waals surface area contributed by atoms with Crippen LogP contribution in [-0.2, 0) is 28.6 Å². The van der Waals surface area contributed by atoms with Crippen molar-refractivity contribution in [2.24, 2.45) is 0 Å². The van der Waals surface area contributed by atoms with E-state index in [9.17, 15) is 22.8 Å². The molecular weight excluding hydrogens is 397 g/mol. The molecule has 2 amide bonds. The Hall–Kier alpha value is -3.03. The number of hydrogen-bond acceptors (Lipinski definition) is 3. The van der Waals surface area contributed by atoms with E-state index < -0.39 is 11.7 Å². The van der Waals surface area contributed by atoms with Gasteiger partial charge in [-0.3, -0.25) is 9.59 Å². The van der Waals surface area contributed by atoms with E-state index in [1.807, 2.05) is 12.1 Å². The van der Waals surface area contributed by atoms with Crippen molar-refractivity contribution in [3.63, 3.8) is 0 Å². The number of carbonyl (C=O) groups is 2. The van der Waals surface area contributed by atoms with Gasteiger partial charge in [-0.05, 0) is 54.7 Å². The summed E-state index contributed by atoms with van der Waals surface area (Å²) in [5, 5.41) is 5.60. The summed E-state index contributed by atoms with van der Waals surface area (Å²) in [5.74, 6) is 0.213. The Morgan fingerprint density at radius 1 is 0.933 bits per heavy atom. The van der Waals surface area contributed by atoms with Crippen LogP contribution in [0.3, 0.4) is 0 Å². The number of nitrogens with one attached hydrogen (secondary N) is 2. The number of ether oxygens (including phenoxy) is 1. The van der Waals surface area contributed by atoms with Crippen LogP contribution in [0.1, 0.15) is 29.5 Å². The van der Waals surface area contributed by atoms with Crippen LogP contribution in [0.15, 0.2) is 48.5 Å². The molecule has 5 nitrogen and oxygen atoms in total. The summed E-state index contributed by atoms with van der Waals surface area (Å²) in [5.41, 5.74) is 0.773. The topological polar surface area (TPSA) is 67.4 Å². The lowest BCUT2D eigenvalue weighted by molar-refractivity contribution is -0.137. The standard InChI is InChI=1S/C22H23F3N2O3/c23-22(24,25)17-5-1-16(2-6-17)13-20(28)26-12-11-15-3-9-19(10-4-15)30-14-21(29)27-18-7-8-18/h1-6,9-10,18H,7-8,11-14H2,(H,26,28)(H,27,29). The van der Waals surface area contributed by atoms with Crippen molar-refractivity contribution in [3.8, 4) is 5.75 Å². The lowest BCUT2D eigenvalue weighted by atomic mass is 10.1. The van der Waals surface area contributed by atoms with Gasteiger partial charge in [-0.25, -0.2) is 0 Å². The van der Waals surface area contributed by atoms with Gasteiger partial charge < -0.3 is 15.4 Å². The lowest BCUT2D eigenvalue weighted by Crippen LogP contribution is -2.30. The van der Waals surface area contributed by atoms with Crippen LogP contribution in [-0.4, -0.2) is 31.0 Å². The monoisotopic (exact) mass is 420 g/mol. The molecule has 8 heteroatoms. The van der Waals surface area contributed by atoms with Gasteiger partial charge >= 0.3 is 6.18 Å². The van der Waals surface area contributed by atoms with Gasteiger partial charge in [-0.2, -0.15) is 13.2 Å². The fourth-order valence-corrected chi connectivity index (χ4v) is 2.80. The molecule has 2 aromatic carbocycles. The molecule has 0 spiro atoms. The number of benzene rings is 2. The lowest BCUT2D eigenvalue weighted by Gasteiger charge is -2.09. The van der Waals surface area contributed by atoms with E-state index >= 15 is 0 Å². The van der Waals surface area contributed by atoms with E-state index in [0.29, 0.717) is 30.3 Å². The van der Waals surface area contributed by atoms with Gasteiger partial charge in [0.15, 0.2) is 6.61 Å². The maximum Gasteiger partial charge on any atom is 0.416 e. The minimum Gasteiger partial charge on any atom is -0.484 e. The van der Waals surface area contributed by atoms with E-state index in [1.54, 1.807) is 12.1 Å². The molecule has 0 unspecified atom stereocenters. The summed E-state index contributed by atoms with van der Waals surface area (Å²) < 4.78 is 43.1. The van der Waals surface area contributed by atoms with Crippen LogP contribution in [0, 0.1) is 0 Å². The van der Waals surface area contributed by atoms with E-state index in [0.717, 1.165) is 30.5 Å². The van der Waals surface area contributed by atoms with E-state index in [2.05, 4.69) is 10.6 Å². The quantitative estimate of drug-likeness (QED) is 0.655. The minimum absolute atomic E-state index is 0.0180. The van der Waals surface area contributed by atoms with Crippen LogP contribution < -0.4 is 15.4 Å². The smallest absolute Gasteiger partial charge is 0.416 e. The molecule has 30 heavy (non-hydrogen) atoms. The van der Waals surface area contributed by atoms with Gasteiger partial charge in [0.2, 0.25) is 5.91 Å². The van der Waals surface area contributed by atoms with Crippen LogP contribution in [0.4, 0.5) is 13.2 Å². The van der Waals surface area contributed by atoms with Crippen LogP contribution in [0.5, 0.6) is 5.75 Å². The molecule has 0 aliphatic heterocycles. The average Bonchev–Trinajstić information content (AvgIpc) is 3.51. The van der Waals surface area contributed by atoms with Gasteiger partial charge in [0, 0.05) is 12.6 Å². The van der Waals surface area contributed by atoms with Gasteiger partial charge in [-0.1, -0.05) is 24.3 Å². The van der Waals surface area contributed by atoms with Crippen molar-refractivity contribution in [2.45, 2.75) is 37.9 Å². The molecule has 1 aliphatic carbocycles. The maximum absolute atomic E-state index is 12.6. The van der Waals surface area contributed by atoms with Crippen molar-refractivity contribution < 1.29 is 27.5 Å². The third-order valence-electron chi connectivity index (χ3n) is 4.62. The largest absolute Gasteiger partial charge is 0.484 e. The second-order valence-electron chi connectivity index (χ2n) is 7.25. The first-order chi connectivity index (χ1) is 14.3. The highest BCUT2D eigenvalue weighted by Crippen LogP contribution is 2.29. The zero-order chi connectivity index (χ0) is 21.6. The van der Waals surface area contributed by atoms with Crippen molar-refractivity contribution in [1.82, 2.24) is 10.6 Å². The first-order valence-corrected chi connectivity index (χ1v) is 9.73. The molecule has 3 rings (SSSR count).